The third kappa shape index (κ3) is 2.25. The number of amides is 1. The van der Waals surface area contributed by atoms with Gasteiger partial charge in [-0.05, 0) is 19.4 Å². The second-order valence-corrected chi connectivity index (χ2v) is 4.62. The van der Waals surface area contributed by atoms with E-state index in [9.17, 15) is 14.9 Å². The molecule has 1 amide bonds. The van der Waals surface area contributed by atoms with Crippen LogP contribution in [0.3, 0.4) is 0 Å². The second-order valence-electron chi connectivity index (χ2n) is 4.62. The minimum Gasteiger partial charge on any atom is -0.454 e. The average molecular weight is 279 g/mol. The number of carbonyl (C=O) groups excluding carboxylic acids is 1. The lowest BCUT2D eigenvalue weighted by Crippen LogP contribution is -2.35. The van der Waals surface area contributed by atoms with Crippen molar-refractivity contribution in [3.05, 3.63) is 22.2 Å². The van der Waals surface area contributed by atoms with Crippen LogP contribution in [0.1, 0.15) is 12.8 Å². The molecular weight excluding hydrogens is 266 g/mol. The summed E-state index contributed by atoms with van der Waals surface area (Å²) in [6.07, 6.45) is 1.64. The molecule has 2 N–H and O–H groups in total. The van der Waals surface area contributed by atoms with Crippen LogP contribution in [0, 0.1) is 10.1 Å². The molecule has 0 aromatic heterocycles. The maximum Gasteiger partial charge on any atom is 0.296 e. The van der Waals surface area contributed by atoms with Crippen molar-refractivity contribution in [3.63, 3.8) is 0 Å². The Hall–Kier alpha value is -2.35. The van der Waals surface area contributed by atoms with Crippen molar-refractivity contribution < 1.29 is 19.2 Å². The highest BCUT2D eigenvalue weighted by Gasteiger charge is 2.27. The van der Waals surface area contributed by atoms with Crippen molar-refractivity contribution >= 4 is 17.3 Å². The fourth-order valence-electron chi connectivity index (χ4n) is 2.31. The number of anilines is 1. The molecule has 1 aromatic rings. The number of ether oxygens (including phenoxy) is 2. The van der Waals surface area contributed by atoms with Gasteiger partial charge in [-0.3, -0.25) is 14.9 Å². The molecule has 20 heavy (non-hydrogen) atoms. The molecule has 1 atom stereocenters. The van der Waals surface area contributed by atoms with Crippen LogP contribution in [-0.2, 0) is 4.79 Å². The highest BCUT2D eigenvalue weighted by molar-refractivity contribution is 5.97. The fourth-order valence-corrected chi connectivity index (χ4v) is 2.31. The number of nitrogens with zero attached hydrogens (tertiary/aromatic N) is 1. The van der Waals surface area contributed by atoms with E-state index in [4.69, 9.17) is 9.47 Å². The summed E-state index contributed by atoms with van der Waals surface area (Å²) in [5.41, 5.74) is -0.0847. The summed E-state index contributed by atoms with van der Waals surface area (Å²) < 4.78 is 10.3. The van der Waals surface area contributed by atoms with Gasteiger partial charge < -0.3 is 20.1 Å². The van der Waals surface area contributed by atoms with Crippen molar-refractivity contribution in [3.8, 4) is 11.5 Å². The van der Waals surface area contributed by atoms with Gasteiger partial charge in [0.25, 0.3) is 5.69 Å². The molecule has 0 bridgehead atoms. The summed E-state index contributed by atoms with van der Waals surface area (Å²) in [5, 5.41) is 16.7. The van der Waals surface area contributed by atoms with E-state index < -0.39 is 4.92 Å². The lowest BCUT2D eigenvalue weighted by Gasteiger charge is -2.11. The molecule has 1 fully saturated rings. The Labute approximate surface area is 114 Å². The van der Waals surface area contributed by atoms with Crippen LogP contribution in [0.4, 0.5) is 11.4 Å². The van der Waals surface area contributed by atoms with Gasteiger partial charge in [0, 0.05) is 6.07 Å². The number of nitrogens with one attached hydrogen (secondary N) is 2. The molecule has 8 heteroatoms. The van der Waals surface area contributed by atoms with E-state index >= 15 is 0 Å². The number of carbonyl (C=O) groups is 1. The maximum absolute atomic E-state index is 12.0. The molecule has 0 spiro atoms. The number of nitro groups is 1. The molecule has 106 valence electrons. The number of rotatable bonds is 3. The molecule has 3 rings (SSSR count). The van der Waals surface area contributed by atoms with Gasteiger partial charge in [0.1, 0.15) is 5.69 Å². The van der Waals surface area contributed by atoms with Crippen molar-refractivity contribution in [1.82, 2.24) is 5.32 Å². The highest BCUT2D eigenvalue weighted by Crippen LogP contribution is 2.40. The van der Waals surface area contributed by atoms with Gasteiger partial charge in [-0.2, -0.15) is 0 Å². The molecule has 1 saturated heterocycles. The minimum absolute atomic E-state index is 0.0219. The van der Waals surface area contributed by atoms with Gasteiger partial charge in [0.15, 0.2) is 11.5 Å². The van der Waals surface area contributed by atoms with Gasteiger partial charge >= 0.3 is 0 Å². The SMILES string of the molecule is O=C(Nc1cc2c(cc1[N+](=O)[O-])OCO2)[C@@H]1CCCN1. The highest BCUT2D eigenvalue weighted by atomic mass is 16.7. The van der Waals surface area contributed by atoms with Crippen molar-refractivity contribution in [2.75, 3.05) is 18.7 Å². The Morgan fingerprint density at radius 2 is 2.15 bits per heavy atom. The first-order chi connectivity index (χ1) is 9.65. The molecule has 8 nitrogen and oxygen atoms in total. The average Bonchev–Trinajstić information content (AvgIpc) is 3.08. The van der Waals surface area contributed by atoms with Crippen molar-refractivity contribution in [2.45, 2.75) is 18.9 Å². The predicted octanol–water partition coefficient (Wildman–Crippen LogP) is 1.01. The fraction of sp³-hybridized carbons (Fsp3) is 0.417. The molecule has 2 aliphatic heterocycles. The number of hydrogen-bond donors (Lipinski definition) is 2. The van der Waals surface area contributed by atoms with Gasteiger partial charge in [-0.15, -0.1) is 0 Å². The van der Waals surface area contributed by atoms with Crippen LogP contribution in [-0.4, -0.2) is 30.2 Å². The van der Waals surface area contributed by atoms with Crippen molar-refractivity contribution in [2.24, 2.45) is 0 Å². The van der Waals surface area contributed by atoms with Crippen LogP contribution in [0.15, 0.2) is 12.1 Å². The quantitative estimate of drug-likeness (QED) is 0.632. The van der Waals surface area contributed by atoms with Crippen LogP contribution >= 0.6 is 0 Å². The maximum atomic E-state index is 12.0. The molecule has 0 saturated carbocycles. The van der Waals surface area contributed by atoms with Crippen LogP contribution < -0.4 is 20.1 Å². The first-order valence-corrected chi connectivity index (χ1v) is 6.27. The third-order valence-electron chi connectivity index (χ3n) is 3.32. The van der Waals surface area contributed by atoms with E-state index in [2.05, 4.69) is 10.6 Å². The van der Waals surface area contributed by atoms with E-state index in [0.29, 0.717) is 11.5 Å². The zero-order valence-corrected chi connectivity index (χ0v) is 10.5. The van der Waals surface area contributed by atoms with Gasteiger partial charge in [0.2, 0.25) is 12.7 Å². The molecular formula is C12H13N3O5. The van der Waals surface area contributed by atoms with E-state index in [0.717, 1.165) is 19.4 Å². The van der Waals surface area contributed by atoms with Crippen molar-refractivity contribution in [1.29, 1.82) is 0 Å². The minimum atomic E-state index is -0.556. The summed E-state index contributed by atoms with van der Waals surface area (Å²) >= 11 is 0. The molecule has 0 radical (unpaired) electrons. The Balaban J connectivity index is 1.87. The van der Waals surface area contributed by atoms with E-state index in [1.54, 1.807) is 0 Å². The zero-order valence-electron chi connectivity index (χ0n) is 10.5. The molecule has 1 aromatic carbocycles. The number of fused-ring (bicyclic) bond motifs is 1. The van der Waals surface area contributed by atoms with Crippen LogP contribution in [0.25, 0.3) is 0 Å². The first-order valence-electron chi connectivity index (χ1n) is 6.27. The largest absolute Gasteiger partial charge is 0.454 e. The lowest BCUT2D eigenvalue weighted by atomic mass is 10.2. The Bertz CT molecular complexity index is 568. The second kappa shape index (κ2) is 4.97. The molecule has 2 heterocycles. The van der Waals surface area contributed by atoms with Crippen LogP contribution in [0.2, 0.25) is 0 Å². The Morgan fingerprint density at radius 3 is 2.80 bits per heavy atom. The summed E-state index contributed by atoms with van der Waals surface area (Å²) in [6, 6.07) is 2.38. The van der Waals surface area contributed by atoms with E-state index in [-0.39, 0.29) is 30.1 Å². The lowest BCUT2D eigenvalue weighted by molar-refractivity contribution is -0.384. The third-order valence-corrected chi connectivity index (χ3v) is 3.32. The topological polar surface area (TPSA) is 103 Å². The van der Waals surface area contributed by atoms with Gasteiger partial charge in [-0.1, -0.05) is 0 Å². The summed E-state index contributed by atoms with van der Waals surface area (Å²) in [6.45, 7) is 0.801. The first kappa shape index (κ1) is 12.7. The monoisotopic (exact) mass is 279 g/mol. The molecule has 0 unspecified atom stereocenters. The van der Waals surface area contributed by atoms with Gasteiger partial charge in [0.05, 0.1) is 17.0 Å². The molecule has 2 aliphatic rings. The summed E-state index contributed by atoms with van der Waals surface area (Å²) in [5.74, 6) is 0.434. The predicted molar refractivity (Wildman–Crippen MR) is 68.9 cm³/mol. The van der Waals surface area contributed by atoms with Gasteiger partial charge in [-0.25, -0.2) is 0 Å². The van der Waals surface area contributed by atoms with Crippen LogP contribution in [0.5, 0.6) is 11.5 Å². The molecule has 0 aliphatic carbocycles. The number of benzene rings is 1. The smallest absolute Gasteiger partial charge is 0.296 e. The zero-order chi connectivity index (χ0) is 14.1. The Morgan fingerprint density at radius 1 is 1.40 bits per heavy atom. The summed E-state index contributed by atoms with van der Waals surface area (Å²) in [4.78, 5) is 22.5. The normalized spacial score (nSPS) is 19.9. The number of nitro benzene ring substituents is 1. The Kier molecular flexibility index (Phi) is 3.15. The standard InChI is InChI=1S/C12H13N3O5/c16-12(7-2-1-3-13-7)14-8-4-10-11(20-6-19-10)5-9(8)15(17)18/h4-5,7,13H,1-3,6H2,(H,14,16)/t7-/m0/s1. The number of hydrogen-bond acceptors (Lipinski definition) is 6. The van der Waals surface area contributed by atoms with E-state index in [1.165, 1.54) is 12.1 Å². The summed E-state index contributed by atoms with van der Waals surface area (Å²) in [7, 11) is 0. The van der Waals surface area contributed by atoms with E-state index in [1.807, 2.05) is 0 Å².